The molecule has 0 heterocycles. The molecule has 0 saturated heterocycles. The molecular weight excluding hydrogens is 403 g/mol. The number of hydrogen-bond donors (Lipinski definition) is 3. The van der Waals surface area contributed by atoms with Gasteiger partial charge in [0.05, 0.1) is 5.75 Å². The summed E-state index contributed by atoms with van der Waals surface area (Å²) in [5, 5.41) is 6.17. The SMILES string of the molecule is CCCCNC(=NC)NCCS(=O)(=O)NCC1CCC1.I. The van der Waals surface area contributed by atoms with Crippen molar-refractivity contribution >= 4 is 40.0 Å². The van der Waals surface area contributed by atoms with Gasteiger partial charge in [0.2, 0.25) is 10.0 Å². The molecule has 8 heteroatoms. The van der Waals surface area contributed by atoms with Crippen LogP contribution in [0.3, 0.4) is 0 Å². The minimum atomic E-state index is -3.18. The number of hydrogen-bond acceptors (Lipinski definition) is 3. The normalized spacial score (nSPS) is 16.0. The number of rotatable bonds is 9. The Hall–Kier alpha value is -0.0900. The summed E-state index contributed by atoms with van der Waals surface area (Å²) in [6.07, 6.45) is 5.71. The lowest BCUT2D eigenvalue weighted by molar-refractivity contribution is 0.316. The summed E-state index contributed by atoms with van der Waals surface area (Å²) in [5.41, 5.74) is 0. The maximum atomic E-state index is 11.8. The van der Waals surface area contributed by atoms with Gasteiger partial charge >= 0.3 is 0 Å². The second kappa shape index (κ2) is 11.5. The Morgan fingerprint density at radius 1 is 1.24 bits per heavy atom. The predicted molar refractivity (Wildman–Crippen MR) is 98.8 cm³/mol. The summed E-state index contributed by atoms with van der Waals surface area (Å²) >= 11 is 0. The molecule has 126 valence electrons. The van der Waals surface area contributed by atoms with Crippen LogP contribution in [0.5, 0.6) is 0 Å². The minimum Gasteiger partial charge on any atom is -0.356 e. The van der Waals surface area contributed by atoms with Crippen LogP contribution < -0.4 is 15.4 Å². The smallest absolute Gasteiger partial charge is 0.213 e. The number of nitrogens with one attached hydrogen (secondary N) is 3. The number of unbranched alkanes of at least 4 members (excludes halogenated alkanes) is 1. The zero-order chi connectivity index (χ0) is 14.8. The number of halogens is 1. The first kappa shape index (κ1) is 20.9. The van der Waals surface area contributed by atoms with E-state index in [1.165, 1.54) is 6.42 Å². The summed E-state index contributed by atoms with van der Waals surface area (Å²) in [4.78, 5) is 4.06. The van der Waals surface area contributed by atoms with Crippen LogP contribution in [0.15, 0.2) is 4.99 Å². The lowest BCUT2D eigenvalue weighted by Gasteiger charge is -2.25. The number of aliphatic imine (C=N–C) groups is 1. The zero-order valence-corrected chi connectivity index (χ0v) is 16.2. The van der Waals surface area contributed by atoms with Crippen molar-refractivity contribution in [2.45, 2.75) is 39.0 Å². The number of sulfonamides is 1. The highest BCUT2D eigenvalue weighted by atomic mass is 127. The summed E-state index contributed by atoms with van der Waals surface area (Å²) in [6.45, 7) is 3.93. The van der Waals surface area contributed by atoms with E-state index >= 15 is 0 Å². The summed E-state index contributed by atoms with van der Waals surface area (Å²) < 4.78 is 26.3. The van der Waals surface area contributed by atoms with Crippen LogP contribution in [-0.2, 0) is 10.0 Å². The Bertz CT molecular complexity index is 397. The average molecular weight is 432 g/mol. The van der Waals surface area contributed by atoms with Gasteiger partial charge in [-0.05, 0) is 25.2 Å². The average Bonchev–Trinajstić information content (AvgIpc) is 2.35. The Morgan fingerprint density at radius 3 is 2.43 bits per heavy atom. The maximum absolute atomic E-state index is 11.8. The standard InChI is InChI=1S/C13H28N4O2S.HI/c1-3-4-8-15-13(14-2)16-9-10-20(18,19)17-11-12-6-5-7-12;/h12,17H,3-11H2,1-2H3,(H2,14,15,16);1H. The number of nitrogens with zero attached hydrogens (tertiary/aromatic N) is 1. The second-order valence-corrected chi connectivity index (χ2v) is 7.17. The molecule has 0 aromatic carbocycles. The Kier molecular flexibility index (Phi) is 11.4. The lowest BCUT2D eigenvalue weighted by atomic mass is 9.86. The van der Waals surface area contributed by atoms with E-state index in [9.17, 15) is 8.42 Å². The molecule has 1 aliphatic carbocycles. The molecule has 1 fully saturated rings. The third kappa shape index (κ3) is 9.51. The molecule has 0 aromatic rings. The van der Waals surface area contributed by atoms with Crippen molar-refractivity contribution in [2.75, 3.05) is 32.4 Å². The monoisotopic (exact) mass is 432 g/mol. The Balaban J connectivity index is 0.00000400. The molecule has 0 atom stereocenters. The van der Waals surface area contributed by atoms with E-state index in [1.54, 1.807) is 7.05 Å². The summed E-state index contributed by atoms with van der Waals surface area (Å²) in [5.74, 6) is 1.28. The topological polar surface area (TPSA) is 82.6 Å². The molecule has 6 nitrogen and oxygen atoms in total. The van der Waals surface area contributed by atoms with Crippen LogP contribution >= 0.6 is 24.0 Å². The van der Waals surface area contributed by atoms with E-state index < -0.39 is 10.0 Å². The molecule has 1 rings (SSSR count). The van der Waals surface area contributed by atoms with E-state index in [0.29, 0.717) is 25.0 Å². The van der Waals surface area contributed by atoms with E-state index in [4.69, 9.17) is 0 Å². The Labute approximate surface area is 146 Å². The van der Waals surface area contributed by atoms with E-state index in [1.807, 2.05) is 0 Å². The number of guanidine groups is 1. The van der Waals surface area contributed by atoms with Gasteiger partial charge in [0.15, 0.2) is 5.96 Å². The van der Waals surface area contributed by atoms with Crippen molar-refractivity contribution in [3.05, 3.63) is 0 Å². The van der Waals surface area contributed by atoms with Gasteiger partial charge in [-0.3, -0.25) is 4.99 Å². The fourth-order valence-electron chi connectivity index (χ4n) is 1.92. The highest BCUT2D eigenvalue weighted by molar-refractivity contribution is 14.0. The Morgan fingerprint density at radius 2 is 1.90 bits per heavy atom. The predicted octanol–water partition coefficient (Wildman–Crippen LogP) is 1.29. The van der Waals surface area contributed by atoms with Gasteiger partial charge in [-0.15, -0.1) is 24.0 Å². The van der Waals surface area contributed by atoms with Gasteiger partial charge in [0.1, 0.15) is 0 Å². The molecule has 1 aliphatic rings. The van der Waals surface area contributed by atoms with Crippen LogP contribution in [0.1, 0.15) is 39.0 Å². The summed E-state index contributed by atoms with van der Waals surface area (Å²) in [6, 6.07) is 0. The van der Waals surface area contributed by atoms with Crippen LogP contribution in [0.4, 0.5) is 0 Å². The van der Waals surface area contributed by atoms with Crippen molar-refractivity contribution < 1.29 is 8.42 Å². The molecule has 0 amide bonds. The van der Waals surface area contributed by atoms with Crippen LogP contribution in [0.25, 0.3) is 0 Å². The van der Waals surface area contributed by atoms with Gasteiger partial charge in [0, 0.05) is 26.7 Å². The molecule has 0 radical (unpaired) electrons. The molecule has 1 saturated carbocycles. The highest BCUT2D eigenvalue weighted by Gasteiger charge is 2.19. The summed E-state index contributed by atoms with van der Waals surface area (Å²) in [7, 11) is -1.49. The van der Waals surface area contributed by atoms with Crippen molar-refractivity contribution in [1.29, 1.82) is 0 Å². The van der Waals surface area contributed by atoms with Crippen molar-refractivity contribution in [3.63, 3.8) is 0 Å². The molecule has 0 aliphatic heterocycles. The highest BCUT2D eigenvalue weighted by Crippen LogP contribution is 2.25. The first-order chi connectivity index (χ1) is 9.57. The van der Waals surface area contributed by atoms with Crippen molar-refractivity contribution in [3.8, 4) is 0 Å². The first-order valence-electron chi connectivity index (χ1n) is 7.49. The fourth-order valence-corrected chi connectivity index (χ4v) is 2.93. The fraction of sp³-hybridized carbons (Fsp3) is 0.923. The largest absolute Gasteiger partial charge is 0.356 e. The zero-order valence-electron chi connectivity index (χ0n) is 13.0. The minimum absolute atomic E-state index is 0. The maximum Gasteiger partial charge on any atom is 0.213 e. The molecule has 0 aromatic heterocycles. The van der Waals surface area contributed by atoms with E-state index in [-0.39, 0.29) is 29.7 Å². The molecule has 21 heavy (non-hydrogen) atoms. The van der Waals surface area contributed by atoms with E-state index in [0.717, 1.165) is 32.2 Å². The second-order valence-electron chi connectivity index (χ2n) is 5.24. The molecule has 0 spiro atoms. The van der Waals surface area contributed by atoms with Crippen LogP contribution in [0.2, 0.25) is 0 Å². The van der Waals surface area contributed by atoms with Crippen LogP contribution in [-0.4, -0.2) is 46.8 Å². The first-order valence-corrected chi connectivity index (χ1v) is 9.14. The molecular formula is C13H29IN4O2S. The van der Waals surface area contributed by atoms with Gasteiger partial charge in [0.25, 0.3) is 0 Å². The molecule has 0 bridgehead atoms. The van der Waals surface area contributed by atoms with E-state index in [2.05, 4.69) is 27.3 Å². The van der Waals surface area contributed by atoms with Gasteiger partial charge < -0.3 is 10.6 Å². The molecule has 0 unspecified atom stereocenters. The van der Waals surface area contributed by atoms with Gasteiger partial charge in [-0.2, -0.15) is 0 Å². The molecule has 3 N–H and O–H groups in total. The lowest BCUT2D eigenvalue weighted by Crippen LogP contribution is -2.42. The van der Waals surface area contributed by atoms with Crippen LogP contribution in [0, 0.1) is 5.92 Å². The van der Waals surface area contributed by atoms with Gasteiger partial charge in [-0.1, -0.05) is 19.8 Å². The van der Waals surface area contributed by atoms with Gasteiger partial charge in [-0.25, -0.2) is 13.1 Å². The third-order valence-electron chi connectivity index (χ3n) is 3.53. The quantitative estimate of drug-likeness (QED) is 0.222. The van der Waals surface area contributed by atoms with Crippen molar-refractivity contribution in [2.24, 2.45) is 10.9 Å². The third-order valence-corrected chi connectivity index (χ3v) is 4.87. The van der Waals surface area contributed by atoms with Crippen molar-refractivity contribution in [1.82, 2.24) is 15.4 Å².